The molecule has 0 saturated carbocycles. The molecule has 0 aliphatic heterocycles. The highest BCUT2D eigenvalue weighted by Crippen LogP contribution is 2.31. The van der Waals surface area contributed by atoms with Crippen molar-refractivity contribution in [2.75, 3.05) is 13.6 Å². The topological polar surface area (TPSA) is 76.4 Å². The van der Waals surface area contributed by atoms with Crippen molar-refractivity contribution in [1.29, 1.82) is 0 Å². The van der Waals surface area contributed by atoms with E-state index >= 15 is 0 Å². The van der Waals surface area contributed by atoms with Crippen LogP contribution in [0.5, 0.6) is 5.75 Å². The van der Waals surface area contributed by atoms with E-state index in [1.807, 2.05) is 14.0 Å². The lowest BCUT2D eigenvalue weighted by Crippen LogP contribution is -2.42. The van der Waals surface area contributed by atoms with E-state index < -0.39 is 11.7 Å². The van der Waals surface area contributed by atoms with Crippen molar-refractivity contribution in [3.63, 3.8) is 0 Å². The summed E-state index contributed by atoms with van der Waals surface area (Å²) in [5.41, 5.74) is -0.732. The average molecular weight is 384 g/mol. The van der Waals surface area contributed by atoms with Crippen LogP contribution in [0.4, 0.5) is 13.2 Å². The summed E-state index contributed by atoms with van der Waals surface area (Å²) < 4.78 is 45.9. The maximum absolute atomic E-state index is 12.8. The third kappa shape index (κ3) is 6.15. The first kappa shape index (κ1) is 20.5. The summed E-state index contributed by atoms with van der Waals surface area (Å²) in [6.07, 6.45) is -2.50. The molecule has 148 valence electrons. The summed E-state index contributed by atoms with van der Waals surface area (Å²) in [4.78, 5) is 4.11. The molecular weight excluding hydrogens is 361 g/mol. The molecule has 2 N–H and O–H groups in total. The molecule has 0 spiro atoms. The van der Waals surface area contributed by atoms with Crippen LogP contribution in [0.3, 0.4) is 0 Å². The zero-order valence-electron chi connectivity index (χ0n) is 15.4. The molecule has 0 amide bonds. The van der Waals surface area contributed by atoms with Crippen molar-refractivity contribution >= 4 is 5.96 Å². The van der Waals surface area contributed by atoms with E-state index in [1.54, 1.807) is 17.9 Å². The third-order valence-corrected chi connectivity index (χ3v) is 3.86. The molecule has 1 aromatic carbocycles. The summed E-state index contributed by atoms with van der Waals surface area (Å²) in [5, 5.41) is 14.0. The van der Waals surface area contributed by atoms with Crippen molar-refractivity contribution < 1.29 is 17.9 Å². The fourth-order valence-corrected chi connectivity index (χ4v) is 2.27. The van der Waals surface area contributed by atoms with Gasteiger partial charge in [-0.1, -0.05) is 13.0 Å². The SMILES string of the molecule is CCC(CNC(=NC)NCc1nncn1C)Oc1cccc(C(F)(F)F)c1. The van der Waals surface area contributed by atoms with Crippen molar-refractivity contribution in [2.45, 2.75) is 32.2 Å². The number of aromatic nitrogens is 3. The highest BCUT2D eigenvalue weighted by atomic mass is 19.4. The van der Waals surface area contributed by atoms with Gasteiger partial charge in [0, 0.05) is 14.1 Å². The van der Waals surface area contributed by atoms with Gasteiger partial charge >= 0.3 is 6.18 Å². The largest absolute Gasteiger partial charge is 0.489 e. The van der Waals surface area contributed by atoms with E-state index in [9.17, 15) is 13.2 Å². The quantitative estimate of drug-likeness (QED) is 0.566. The fourth-order valence-electron chi connectivity index (χ4n) is 2.27. The van der Waals surface area contributed by atoms with Gasteiger partial charge in [-0.15, -0.1) is 10.2 Å². The van der Waals surface area contributed by atoms with E-state index in [0.717, 1.165) is 18.0 Å². The fraction of sp³-hybridized carbons (Fsp3) is 0.471. The lowest BCUT2D eigenvalue weighted by atomic mass is 10.2. The average Bonchev–Trinajstić information content (AvgIpc) is 3.05. The number of benzene rings is 1. The Morgan fingerprint density at radius 1 is 1.33 bits per heavy atom. The van der Waals surface area contributed by atoms with Gasteiger partial charge in [0.05, 0.1) is 18.7 Å². The van der Waals surface area contributed by atoms with Gasteiger partial charge in [-0.3, -0.25) is 4.99 Å². The Bertz CT molecular complexity index is 759. The molecule has 0 saturated heterocycles. The number of hydrogen-bond donors (Lipinski definition) is 2. The van der Waals surface area contributed by atoms with Gasteiger partial charge in [-0.2, -0.15) is 13.2 Å². The van der Waals surface area contributed by atoms with Crippen LogP contribution in [0.1, 0.15) is 24.7 Å². The smallest absolute Gasteiger partial charge is 0.416 e. The monoisotopic (exact) mass is 384 g/mol. The van der Waals surface area contributed by atoms with Crippen LogP contribution in [0.2, 0.25) is 0 Å². The Labute approximate surface area is 155 Å². The Morgan fingerprint density at radius 3 is 2.70 bits per heavy atom. The zero-order chi connectivity index (χ0) is 19.9. The van der Waals surface area contributed by atoms with E-state index in [1.165, 1.54) is 12.1 Å². The number of alkyl halides is 3. The van der Waals surface area contributed by atoms with Crippen molar-refractivity contribution in [2.24, 2.45) is 12.0 Å². The normalized spacial score (nSPS) is 13.3. The van der Waals surface area contributed by atoms with E-state index in [-0.39, 0.29) is 11.9 Å². The van der Waals surface area contributed by atoms with Crippen LogP contribution in [0, 0.1) is 0 Å². The predicted molar refractivity (Wildman–Crippen MR) is 95.4 cm³/mol. The highest BCUT2D eigenvalue weighted by molar-refractivity contribution is 5.79. The van der Waals surface area contributed by atoms with Gasteiger partial charge in [0.2, 0.25) is 0 Å². The van der Waals surface area contributed by atoms with Crippen molar-refractivity contribution in [3.8, 4) is 5.75 Å². The Morgan fingerprint density at radius 2 is 2.11 bits per heavy atom. The van der Waals surface area contributed by atoms with Gasteiger partial charge in [0.15, 0.2) is 11.8 Å². The van der Waals surface area contributed by atoms with Gasteiger partial charge in [0.25, 0.3) is 0 Å². The second-order valence-electron chi connectivity index (χ2n) is 5.84. The number of ether oxygens (including phenoxy) is 1. The number of aryl methyl sites for hydroxylation is 1. The van der Waals surface area contributed by atoms with Gasteiger partial charge in [-0.05, 0) is 24.6 Å². The number of nitrogens with zero attached hydrogens (tertiary/aromatic N) is 4. The summed E-state index contributed by atoms with van der Waals surface area (Å²) in [7, 11) is 3.46. The van der Waals surface area contributed by atoms with Crippen LogP contribution in [0.15, 0.2) is 35.6 Å². The molecule has 0 aliphatic rings. The predicted octanol–water partition coefficient (Wildman–Crippen LogP) is 2.36. The van der Waals surface area contributed by atoms with Crippen molar-refractivity contribution in [3.05, 3.63) is 42.0 Å². The Hall–Kier alpha value is -2.78. The Kier molecular flexibility index (Phi) is 7.03. The third-order valence-electron chi connectivity index (χ3n) is 3.86. The van der Waals surface area contributed by atoms with E-state index in [4.69, 9.17) is 4.74 Å². The van der Waals surface area contributed by atoms with Crippen molar-refractivity contribution in [1.82, 2.24) is 25.4 Å². The number of guanidine groups is 1. The first-order valence-electron chi connectivity index (χ1n) is 8.44. The minimum absolute atomic E-state index is 0.181. The van der Waals surface area contributed by atoms with Crippen LogP contribution in [-0.2, 0) is 19.8 Å². The summed E-state index contributed by atoms with van der Waals surface area (Å²) in [6.45, 7) is 2.71. The summed E-state index contributed by atoms with van der Waals surface area (Å²) in [5.74, 6) is 1.45. The number of aliphatic imine (C=N–C) groups is 1. The molecule has 0 radical (unpaired) electrons. The number of nitrogens with one attached hydrogen (secondary N) is 2. The minimum atomic E-state index is -4.40. The number of halogens is 3. The second kappa shape index (κ2) is 9.24. The molecule has 1 atom stereocenters. The maximum atomic E-state index is 12.8. The van der Waals surface area contributed by atoms with E-state index in [2.05, 4.69) is 25.8 Å². The highest BCUT2D eigenvalue weighted by Gasteiger charge is 2.30. The first-order valence-corrected chi connectivity index (χ1v) is 8.44. The summed E-state index contributed by atoms with van der Waals surface area (Å²) >= 11 is 0. The lowest BCUT2D eigenvalue weighted by Gasteiger charge is -2.20. The molecule has 0 bridgehead atoms. The van der Waals surface area contributed by atoms with Gasteiger partial charge in [0.1, 0.15) is 18.2 Å². The molecule has 0 aliphatic carbocycles. The first-order chi connectivity index (χ1) is 12.8. The maximum Gasteiger partial charge on any atom is 0.416 e. The van der Waals surface area contributed by atoms with Crippen LogP contribution < -0.4 is 15.4 Å². The minimum Gasteiger partial charge on any atom is -0.489 e. The number of hydrogen-bond acceptors (Lipinski definition) is 4. The second-order valence-corrected chi connectivity index (χ2v) is 5.84. The standard InChI is InChI=1S/C17H23F3N6O/c1-4-13(27-14-7-5-6-12(8-14)17(18,19)20)9-22-16(21-2)23-10-15-25-24-11-26(15)3/h5-8,11,13H,4,9-10H2,1-3H3,(H2,21,22,23). The molecule has 2 rings (SSSR count). The van der Waals surface area contributed by atoms with Crippen LogP contribution >= 0.6 is 0 Å². The molecule has 10 heteroatoms. The number of rotatable bonds is 7. The molecule has 27 heavy (non-hydrogen) atoms. The molecular formula is C17H23F3N6O. The molecule has 1 aromatic heterocycles. The zero-order valence-corrected chi connectivity index (χ0v) is 15.4. The van der Waals surface area contributed by atoms with Crippen LogP contribution in [-0.4, -0.2) is 40.4 Å². The molecule has 2 aromatic rings. The van der Waals surface area contributed by atoms with Gasteiger partial charge in [-0.25, -0.2) is 0 Å². The van der Waals surface area contributed by atoms with E-state index in [0.29, 0.717) is 25.5 Å². The molecule has 1 heterocycles. The molecule has 7 nitrogen and oxygen atoms in total. The molecule has 1 unspecified atom stereocenters. The van der Waals surface area contributed by atoms with Crippen LogP contribution in [0.25, 0.3) is 0 Å². The lowest BCUT2D eigenvalue weighted by molar-refractivity contribution is -0.137. The molecule has 0 fully saturated rings. The van der Waals surface area contributed by atoms with Gasteiger partial charge < -0.3 is 19.9 Å². The Balaban J connectivity index is 1.89. The summed E-state index contributed by atoms with van der Waals surface area (Å²) in [6, 6.07) is 4.87.